The fraction of sp³-hybridized carbons (Fsp3) is 0.379. The summed E-state index contributed by atoms with van der Waals surface area (Å²) in [4.78, 5) is 51.2. The van der Waals surface area contributed by atoms with Crippen molar-refractivity contribution < 1.29 is 29.1 Å². The van der Waals surface area contributed by atoms with Gasteiger partial charge in [0.25, 0.3) is 17.2 Å². The SMILES string of the molecule is COc1cccn(-c2cccc(CN3C(=O)[C@]4(O[C@H](CCO)[C@@H]([Si](C)(C)O)[C@@H]4C)c4cc([N+](=O)[O-])ccc43)c2)c1=O. The first kappa shape index (κ1) is 28.7. The summed E-state index contributed by atoms with van der Waals surface area (Å²) < 4.78 is 13.1. The molecule has 216 valence electrons. The van der Waals surface area contributed by atoms with Crippen LogP contribution in [0.5, 0.6) is 5.75 Å². The van der Waals surface area contributed by atoms with Gasteiger partial charge in [0.05, 0.1) is 30.4 Å². The van der Waals surface area contributed by atoms with Crippen molar-refractivity contribution in [2.24, 2.45) is 5.92 Å². The molecule has 12 heteroatoms. The van der Waals surface area contributed by atoms with E-state index in [1.165, 1.54) is 23.8 Å². The molecule has 1 aromatic heterocycles. The number of hydrogen-bond donors (Lipinski definition) is 2. The fourth-order valence-corrected chi connectivity index (χ4v) is 9.16. The van der Waals surface area contributed by atoms with Crippen LogP contribution in [0, 0.1) is 16.0 Å². The monoisotopic (exact) mass is 579 g/mol. The molecule has 5 rings (SSSR count). The van der Waals surface area contributed by atoms with E-state index in [0.29, 0.717) is 16.9 Å². The van der Waals surface area contributed by atoms with Crippen molar-refractivity contribution in [2.45, 2.75) is 50.2 Å². The molecule has 2 aliphatic rings. The van der Waals surface area contributed by atoms with Crippen molar-refractivity contribution in [3.8, 4) is 11.4 Å². The van der Waals surface area contributed by atoms with E-state index in [9.17, 15) is 29.6 Å². The highest BCUT2D eigenvalue weighted by Crippen LogP contribution is 2.60. The average molecular weight is 580 g/mol. The minimum atomic E-state index is -2.91. The number of anilines is 1. The second kappa shape index (κ2) is 10.5. The summed E-state index contributed by atoms with van der Waals surface area (Å²) >= 11 is 0. The highest BCUT2D eigenvalue weighted by atomic mass is 28.4. The zero-order valence-corrected chi connectivity index (χ0v) is 24.3. The first-order valence-electron chi connectivity index (χ1n) is 13.4. The first-order valence-corrected chi connectivity index (χ1v) is 16.4. The Hall–Kier alpha value is -3.84. The van der Waals surface area contributed by atoms with E-state index in [1.807, 2.05) is 13.0 Å². The van der Waals surface area contributed by atoms with E-state index in [1.54, 1.807) is 60.6 Å². The van der Waals surface area contributed by atoms with E-state index < -0.39 is 36.4 Å². The first-order chi connectivity index (χ1) is 19.4. The molecule has 3 heterocycles. The summed E-state index contributed by atoms with van der Waals surface area (Å²) in [6, 6.07) is 14.8. The van der Waals surface area contributed by atoms with E-state index in [2.05, 4.69) is 0 Å². The van der Waals surface area contributed by atoms with Gasteiger partial charge in [-0.2, -0.15) is 0 Å². The van der Waals surface area contributed by atoms with Crippen molar-refractivity contribution in [2.75, 3.05) is 18.6 Å². The summed E-state index contributed by atoms with van der Waals surface area (Å²) in [5.41, 5.74) is -0.280. The maximum Gasteiger partial charge on any atom is 0.297 e. The number of nitrogens with zero attached hydrogens (tertiary/aromatic N) is 3. The maximum absolute atomic E-state index is 14.4. The van der Waals surface area contributed by atoms with Crippen molar-refractivity contribution in [3.05, 3.63) is 92.4 Å². The molecule has 4 atom stereocenters. The van der Waals surface area contributed by atoms with Gasteiger partial charge in [0.15, 0.2) is 19.7 Å². The number of carbonyl (C=O) groups is 1. The molecule has 0 saturated carbocycles. The van der Waals surface area contributed by atoms with Gasteiger partial charge in [-0.1, -0.05) is 19.1 Å². The number of amides is 1. The van der Waals surface area contributed by atoms with Crippen molar-refractivity contribution in [3.63, 3.8) is 0 Å². The Kier molecular flexibility index (Phi) is 7.36. The molecule has 0 unspecified atom stereocenters. The number of carbonyl (C=O) groups excluding carboxylic acids is 1. The highest BCUT2D eigenvalue weighted by Gasteiger charge is 2.66. The van der Waals surface area contributed by atoms with Crippen LogP contribution in [0.2, 0.25) is 18.6 Å². The number of benzene rings is 2. The van der Waals surface area contributed by atoms with Crippen LogP contribution >= 0.6 is 0 Å². The number of aliphatic hydroxyl groups is 1. The second-order valence-electron chi connectivity index (χ2n) is 11.1. The smallest absolute Gasteiger partial charge is 0.297 e. The van der Waals surface area contributed by atoms with E-state index in [-0.39, 0.29) is 42.5 Å². The standard InChI is InChI=1S/C29H33N3O8Si/c1-18-26(41(3,4)38)24(12-14-33)40-29(18)22-16-21(32(36)37)10-11-23(22)31(28(29)35)17-19-7-5-8-20(15-19)30-13-6-9-25(39-2)27(30)34/h5-11,13,15-16,18,24,26,33,38H,12,14,17H2,1-4H3/t18-,24+,26-,29+/m0/s1. The van der Waals surface area contributed by atoms with Crippen LogP contribution in [-0.2, 0) is 21.7 Å². The lowest BCUT2D eigenvalue weighted by Crippen LogP contribution is -2.46. The molecule has 3 aromatic rings. The lowest BCUT2D eigenvalue weighted by atomic mass is 9.82. The number of non-ortho nitro benzene ring substituents is 1. The molecule has 2 aliphatic heterocycles. The van der Waals surface area contributed by atoms with Crippen LogP contribution in [-0.4, -0.2) is 53.4 Å². The fourth-order valence-electron chi connectivity index (χ4n) is 6.55. The predicted molar refractivity (Wildman–Crippen MR) is 154 cm³/mol. The minimum Gasteiger partial charge on any atom is -0.491 e. The average Bonchev–Trinajstić information content (AvgIpc) is 3.35. The lowest BCUT2D eigenvalue weighted by Gasteiger charge is -2.32. The summed E-state index contributed by atoms with van der Waals surface area (Å²) in [7, 11) is -1.48. The Bertz CT molecular complexity index is 1570. The molecular formula is C29H33N3O8Si. The van der Waals surface area contributed by atoms with Gasteiger partial charge in [-0.05, 0) is 55.4 Å². The van der Waals surface area contributed by atoms with Crippen molar-refractivity contribution >= 4 is 25.6 Å². The van der Waals surface area contributed by atoms with Crippen LogP contribution in [0.3, 0.4) is 0 Å². The lowest BCUT2D eigenvalue weighted by molar-refractivity contribution is -0.385. The molecule has 0 bridgehead atoms. The Morgan fingerprint density at radius 1 is 1.15 bits per heavy atom. The zero-order valence-electron chi connectivity index (χ0n) is 23.3. The number of aliphatic hydroxyl groups excluding tert-OH is 1. The Morgan fingerprint density at radius 3 is 2.56 bits per heavy atom. The van der Waals surface area contributed by atoms with Gasteiger partial charge in [0, 0.05) is 47.6 Å². The predicted octanol–water partition coefficient (Wildman–Crippen LogP) is 3.48. The Balaban J connectivity index is 1.60. The van der Waals surface area contributed by atoms with Gasteiger partial charge < -0.3 is 24.3 Å². The van der Waals surface area contributed by atoms with E-state index in [0.717, 1.165) is 5.56 Å². The quantitative estimate of drug-likeness (QED) is 0.235. The van der Waals surface area contributed by atoms with Crippen molar-refractivity contribution in [1.82, 2.24) is 4.57 Å². The number of nitro groups is 1. The number of fused-ring (bicyclic) bond motifs is 2. The molecule has 1 spiro atoms. The molecule has 1 amide bonds. The summed E-state index contributed by atoms with van der Waals surface area (Å²) in [6.07, 6.45) is 1.26. The largest absolute Gasteiger partial charge is 0.491 e. The number of hydrogen-bond acceptors (Lipinski definition) is 8. The molecule has 2 aromatic carbocycles. The Morgan fingerprint density at radius 2 is 1.90 bits per heavy atom. The minimum absolute atomic E-state index is 0.114. The molecule has 0 radical (unpaired) electrons. The van der Waals surface area contributed by atoms with Gasteiger partial charge in [-0.3, -0.25) is 24.3 Å². The van der Waals surface area contributed by atoms with Gasteiger partial charge in [-0.25, -0.2) is 0 Å². The molecule has 41 heavy (non-hydrogen) atoms. The molecule has 1 fully saturated rings. The molecule has 0 aliphatic carbocycles. The molecule has 2 N–H and O–H groups in total. The van der Waals surface area contributed by atoms with Gasteiger partial charge >= 0.3 is 0 Å². The van der Waals surface area contributed by atoms with Crippen LogP contribution in [0.1, 0.15) is 24.5 Å². The number of rotatable bonds is 8. The zero-order chi connectivity index (χ0) is 29.7. The number of ether oxygens (including phenoxy) is 2. The highest BCUT2D eigenvalue weighted by molar-refractivity contribution is 6.71. The third-order valence-corrected chi connectivity index (χ3v) is 10.8. The second-order valence-corrected chi connectivity index (χ2v) is 15.1. The van der Waals surface area contributed by atoms with Crippen LogP contribution < -0.4 is 15.2 Å². The van der Waals surface area contributed by atoms with E-state index >= 15 is 0 Å². The van der Waals surface area contributed by atoms with Gasteiger partial charge in [0.2, 0.25) is 0 Å². The number of pyridine rings is 1. The van der Waals surface area contributed by atoms with Gasteiger partial charge in [-0.15, -0.1) is 0 Å². The molecule has 1 saturated heterocycles. The van der Waals surface area contributed by atoms with Crippen LogP contribution in [0.25, 0.3) is 5.69 Å². The number of methoxy groups -OCH3 is 1. The number of aromatic nitrogens is 1. The normalized spacial score (nSPS) is 23.7. The van der Waals surface area contributed by atoms with Crippen LogP contribution in [0.15, 0.2) is 65.6 Å². The van der Waals surface area contributed by atoms with Crippen molar-refractivity contribution in [1.29, 1.82) is 0 Å². The Labute approximate surface area is 237 Å². The summed E-state index contributed by atoms with van der Waals surface area (Å²) in [6.45, 7) is 5.32. The third kappa shape index (κ3) is 4.66. The summed E-state index contributed by atoms with van der Waals surface area (Å²) in [5.74, 6) is -0.696. The maximum atomic E-state index is 14.4. The van der Waals surface area contributed by atoms with E-state index in [4.69, 9.17) is 9.47 Å². The topological polar surface area (TPSA) is 144 Å². The number of nitro benzene ring substituents is 1. The molecule has 11 nitrogen and oxygen atoms in total. The third-order valence-electron chi connectivity index (χ3n) is 8.25. The van der Waals surface area contributed by atoms with Gasteiger partial charge in [0.1, 0.15) is 0 Å². The summed E-state index contributed by atoms with van der Waals surface area (Å²) in [5, 5.41) is 21.5. The van der Waals surface area contributed by atoms with Crippen LogP contribution in [0.4, 0.5) is 11.4 Å². The molecular weight excluding hydrogens is 546 g/mol.